The van der Waals surface area contributed by atoms with Crippen LogP contribution in [0.2, 0.25) is 0 Å². The molecule has 0 saturated carbocycles. The van der Waals surface area contributed by atoms with Gasteiger partial charge in [0.05, 0.1) is 19.3 Å². The summed E-state index contributed by atoms with van der Waals surface area (Å²) in [5.74, 6) is 0.821. The molecule has 108 valence electrons. The van der Waals surface area contributed by atoms with Gasteiger partial charge in [-0.3, -0.25) is 0 Å². The summed E-state index contributed by atoms with van der Waals surface area (Å²) in [5.41, 5.74) is 1.10. The van der Waals surface area contributed by atoms with Gasteiger partial charge in [0, 0.05) is 19.6 Å². The fraction of sp³-hybridized carbons (Fsp3) is 0.533. The fourth-order valence-electron chi connectivity index (χ4n) is 3.05. The van der Waals surface area contributed by atoms with E-state index in [-0.39, 0.29) is 18.2 Å². The summed E-state index contributed by atoms with van der Waals surface area (Å²) in [6.07, 6.45) is 1.13. The van der Waals surface area contributed by atoms with Crippen LogP contribution < -0.4 is 4.74 Å². The van der Waals surface area contributed by atoms with Gasteiger partial charge in [-0.05, 0) is 30.5 Å². The van der Waals surface area contributed by atoms with Crippen LogP contribution in [-0.4, -0.2) is 53.3 Å². The molecular formula is C15H20N2O3. The molecule has 20 heavy (non-hydrogen) atoms. The lowest BCUT2D eigenvalue weighted by molar-refractivity contribution is 0.0765. The molecule has 2 fully saturated rings. The molecule has 0 unspecified atom stereocenters. The molecule has 1 aromatic carbocycles. The van der Waals surface area contributed by atoms with Crippen molar-refractivity contribution in [2.75, 3.05) is 20.2 Å². The Morgan fingerprint density at radius 2 is 2.10 bits per heavy atom. The molecule has 2 amide bonds. The van der Waals surface area contributed by atoms with Gasteiger partial charge in [0.2, 0.25) is 0 Å². The molecule has 5 heteroatoms. The number of benzene rings is 1. The second kappa shape index (κ2) is 5.32. The van der Waals surface area contributed by atoms with Gasteiger partial charge in [0.25, 0.3) is 0 Å². The third-order valence-corrected chi connectivity index (χ3v) is 4.17. The molecule has 0 radical (unpaired) electrons. The van der Waals surface area contributed by atoms with Crippen LogP contribution >= 0.6 is 0 Å². The zero-order chi connectivity index (χ0) is 14.1. The van der Waals surface area contributed by atoms with E-state index in [1.54, 1.807) is 7.11 Å². The molecule has 3 rings (SSSR count). The zero-order valence-electron chi connectivity index (χ0n) is 11.7. The first-order valence-electron chi connectivity index (χ1n) is 7.04. The molecule has 0 aromatic heterocycles. The maximum absolute atomic E-state index is 12.3. The van der Waals surface area contributed by atoms with Crippen molar-refractivity contribution in [3.63, 3.8) is 0 Å². The van der Waals surface area contributed by atoms with Gasteiger partial charge >= 0.3 is 6.03 Å². The Bertz CT molecular complexity index is 488. The molecule has 0 bridgehead atoms. The van der Waals surface area contributed by atoms with Crippen LogP contribution in [0.5, 0.6) is 5.75 Å². The first-order valence-corrected chi connectivity index (χ1v) is 7.04. The van der Waals surface area contributed by atoms with E-state index in [1.165, 1.54) is 0 Å². The molecule has 2 heterocycles. The van der Waals surface area contributed by atoms with Gasteiger partial charge in [-0.15, -0.1) is 0 Å². The third kappa shape index (κ3) is 2.45. The standard InChI is InChI=1S/C15H20N2O3/c1-20-14-4-2-11(3-5-14)9-16-10-12-8-13(18)6-7-17(12)15(16)19/h2-5,12-13,18H,6-10H2,1H3/t12-,13-/m0/s1. The average molecular weight is 276 g/mol. The summed E-state index contributed by atoms with van der Waals surface area (Å²) < 4.78 is 5.13. The number of fused-ring (bicyclic) bond motifs is 1. The van der Waals surface area contributed by atoms with Crippen LogP contribution in [0.3, 0.4) is 0 Å². The maximum Gasteiger partial charge on any atom is 0.320 e. The number of piperidine rings is 1. The van der Waals surface area contributed by atoms with Gasteiger partial charge in [0.15, 0.2) is 0 Å². The van der Waals surface area contributed by atoms with E-state index in [0.717, 1.165) is 11.3 Å². The van der Waals surface area contributed by atoms with Crippen molar-refractivity contribution in [1.82, 2.24) is 9.80 Å². The van der Waals surface area contributed by atoms with Gasteiger partial charge in [0.1, 0.15) is 5.75 Å². The van der Waals surface area contributed by atoms with E-state index in [9.17, 15) is 9.90 Å². The number of carbonyl (C=O) groups is 1. The summed E-state index contributed by atoms with van der Waals surface area (Å²) in [6.45, 7) is 2.00. The zero-order valence-corrected chi connectivity index (χ0v) is 11.7. The van der Waals surface area contributed by atoms with Crippen molar-refractivity contribution in [3.05, 3.63) is 29.8 Å². The number of aliphatic hydroxyl groups is 1. The Balaban J connectivity index is 1.67. The number of amides is 2. The minimum Gasteiger partial charge on any atom is -0.497 e. The molecular weight excluding hydrogens is 256 g/mol. The third-order valence-electron chi connectivity index (χ3n) is 4.17. The fourth-order valence-corrected chi connectivity index (χ4v) is 3.05. The highest BCUT2D eigenvalue weighted by molar-refractivity contribution is 5.77. The number of rotatable bonds is 3. The van der Waals surface area contributed by atoms with Gasteiger partial charge in [-0.25, -0.2) is 4.79 Å². The molecule has 2 atom stereocenters. The lowest BCUT2D eigenvalue weighted by Gasteiger charge is -2.30. The number of hydrogen-bond acceptors (Lipinski definition) is 3. The summed E-state index contributed by atoms with van der Waals surface area (Å²) in [6, 6.07) is 8.05. The minimum atomic E-state index is -0.259. The largest absolute Gasteiger partial charge is 0.497 e. The number of ether oxygens (including phenoxy) is 1. The lowest BCUT2D eigenvalue weighted by atomic mass is 10.0. The van der Waals surface area contributed by atoms with E-state index >= 15 is 0 Å². The second-order valence-corrected chi connectivity index (χ2v) is 5.54. The van der Waals surface area contributed by atoms with E-state index in [2.05, 4.69) is 0 Å². The Kier molecular flexibility index (Phi) is 3.53. The Morgan fingerprint density at radius 1 is 1.35 bits per heavy atom. The van der Waals surface area contributed by atoms with E-state index < -0.39 is 0 Å². The van der Waals surface area contributed by atoms with Crippen LogP contribution in [0.4, 0.5) is 4.79 Å². The first-order chi connectivity index (χ1) is 9.67. The highest BCUT2D eigenvalue weighted by atomic mass is 16.5. The van der Waals surface area contributed by atoms with Gasteiger partial charge in [-0.1, -0.05) is 12.1 Å². The highest BCUT2D eigenvalue weighted by Crippen LogP contribution is 2.27. The summed E-state index contributed by atoms with van der Waals surface area (Å²) in [4.78, 5) is 16.1. The molecule has 2 saturated heterocycles. The number of aliphatic hydroxyl groups excluding tert-OH is 1. The van der Waals surface area contributed by atoms with Crippen LogP contribution in [0.15, 0.2) is 24.3 Å². The second-order valence-electron chi connectivity index (χ2n) is 5.54. The van der Waals surface area contributed by atoms with Gasteiger partial charge in [-0.2, -0.15) is 0 Å². The Labute approximate surface area is 118 Å². The minimum absolute atomic E-state index is 0.0951. The van der Waals surface area contributed by atoms with Crippen LogP contribution in [0.1, 0.15) is 18.4 Å². The number of methoxy groups -OCH3 is 1. The van der Waals surface area contributed by atoms with Crippen molar-refractivity contribution in [2.45, 2.75) is 31.5 Å². The van der Waals surface area contributed by atoms with E-state index in [1.807, 2.05) is 34.1 Å². The lowest BCUT2D eigenvalue weighted by Crippen LogP contribution is -2.43. The van der Waals surface area contributed by atoms with Crippen molar-refractivity contribution in [3.8, 4) is 5.75 Å². The average Bonchev–Trinajstić information content (AvgIpc) is 2.75. The molecule has 5 nitrogen and oxygen atoms in total. The van der Waals surface area contributed by atoms with Crippen LogP contribution in [-0.2, 0) is 6.54 Å². The van der Waals surface area contributed by atoms with E-state index in [0.29, 0.717) is 32.5 Å². The van der Waals surface area contributed by atoms with Crippen molar-refractivity contribution in [1.29, 1.82) is 0 Å². The Hall–Kier alpha value is -1.75. The van der Waals surface area contributed by atoms with Crippen LogP contribution in [0, 0.1) is 0 Å². The SMILES string of the molecule is COc1ccc(CN2C[C@@H]3C[C@@H](O)CCN3C2=O)cc1. The molecule has 2 aliphatic rings. The van der Waals surface area contributed by atoms with Crippen molar-refractivity contribution >= 4 is 6.03 Å². The summed E-state index contributed by atoms with van der Waals surface area (Å²) in [5, 5.41) is 9.71. The maximum atomic E-state index is 12.3. The topological polar surface area (TPSA) is 53.0 Å². The summed E-state index contributed by atoms with van der Waals surface area (Å²) in [7, 11) is 1.64. The molecule has 1 N–H and O–H groups in total. The number of hydrogen-bond donors (Lipinski definition) is 1. The van der Waals surface area contributed by atoms with Crippen molar-refractivity contribution < 1.29 is 14.6 Å². The normalized spacial score (nSPS) is 25.8. The predicted molar refractivity (Wildman–Crippen MR) is 74.5 cm³/mol. The van der Waals surface area contributed by atoms with Gasteiger partial charge < -0.3 is 19.6 Å². The molecule has 0 spiro atoms. The van der Waals surface area contributed by atoms with Crippen molar-refractivity contribution in [2.24, 2.45) is 0 Å². The van der Waals surface area contributed by atoms with Crippen LogP contribution in [0.25, 0.3) is 0 Å². The molecule has 1 aromatic rings. The predicted octanol–water partition coefficient (Wildman–Crippen LogP) is 1.46. The molecule has 0 aliphatic carbocycles. The Morgan fingerprint density at radius 3 is 2.80 bits per heavy atom. The monoisotopic (exact) mass is 276 g/mol. The highest BCUT2D eigenvalue weighted by Gasteiger charge is 2.40. The smallest absolute Gasteiger partial charge is 0.320 e. The quantitative estimate of drug-likeness (QED) is 0.909. The number of urea groups is 1. The number of nitrogens with zero attached hydrogens (tertiary/aromatic N) is 2. The number of carbonyl (C=O) groups excluding carboxylic acids is 1. The van der Waals surface area contributed by atoms with E-state index in [4.69, 9.17) is 4.74 Å². The molecule has 2 aliphatic heterocycles. The first kappa shape index (κ1) is 13.2. The summed E-state index contributed by atoms with van der Waals surface area (Å²) >= 11 is 0.